The molecular weight excluding hydrogens is 284 g/mol. The quantitative estimate of drug-likeness (QED) is 0.842. The molecule has 0 heterocycles. The highest BCUT2D eigenvalue weighted by molar-refractivity contribution is 7.89. The lowest BCUT2D eigenvalue weighted by molar-refractivity contribution is 0.333. The van der Waals surface area contributed by atoms with Crippen LogP contribution < -0.4 is 5.73 Å². The van der Waals surface area contributed by atoms with Crippen molar-refractivity contribution in [1.82, 2.24) is 4.31 Å². The number of nitrogens with zero attached hydrogens (tertiary/aromatic N) is 1. The van der Waals surface area contributed by atoms with Gasteiger partial charge in [-0.3, -0.25) is 0 Å². The summed E-state index contributed by atoms with van der Waals surface area (Å²) in [6.45, 7) is 11.4. The van der Waals surface area contributed by atoms with Gasteiger partial charge in [0.05, 0.1) is 4.90 Å². The average molecular weight is 312 g/mol. The van der Waals surface area contributed by atoms with Crippen molar-refractivity contribution < 1.29 is 8.42 Å². The second kappa shape index (κ2) is 7.38. The molecular formula is C16H28N2O2S. The summed E-state index contributed by atoms with van der Waals surface area (Å²) in [7, 11) is -3.48. The normalized spacial score (nSPS) is 12.6. The second-order valence-corrected chi connectivity index (χ2v) is 8.32. The summed E-state index contributed by atoms with van der Waals surface area (Å²) in [5.41, 5.74) is 7.25. The van der Waals surface area contributed by atoms with Crippen LogP contribution in [0.3, 0.4) is 0 Å². The van der Waals surface area contributed by atoms with E-state index in [0.29, 0.717) is 24.5 Å². The van der Waals surface area contributed by atoms with Crippen molar-refractivity contribution in [3.63, 3.8) is 0 Å². The molecule has 0 bridgehead atoms. The molecule has 120 valence electrons. The van der Waals surface area contributed by atoms with E-state index in [1.54, 1.807) is 10.4 Å². The van der Waals surface area contributed by atoms with E-state index in [1.165, 1.54) is 0 Å². The molecule has 0 spiro atoms. The van der Waals surface area contributed by atoms with Gasteiger partial charge in [0.1, 0.15) is 0 Å². The molecule has 1 aromatic carbocycles. The smallest absolute Gasteiger partial charge is 0.243 e. The van der Waals surface area contributed by atoms with Crippen LogP contribution in [0.1, 0.15) is 38.8 Å². The highest BCUT2D eigenvalue weighted by Gasteiger charge is 2.27. The molecule has 0 aliphatic rings. The Labute approximate surface area is 129 Å². The van der Waals surface area contributed by atoms with Gasteiger partial charge in [-0.1, -0.05) is 39.8 Å². The maximum atomic E-state index is 13.0. The topological polar surface area (TPSA) is 63.4 Å². The first kappa shape index (κ1) is 18.1. The van der Waals surface area contributed by atoms with Gasteiger partial charge in [0.2, 0.25) is 10.0 Å². The molecule has 0 saturated heterocycles. The van der Waals surface area contributed by atoms with E-state index < -0.39 is 10.0 Å². The number of sulfonamides is 1. The average Bonchev–Trinajstić information content (AvgIpc) is 2.37. The van der Waals surface area contributed by atoms with Crippen molar-refractivity contribution in [2.24, 2.45) is 17.6 Å². The first-order valence-electron chi connectivity index (χ1n) is 7.48. The summed E-state index contributed by atoms with van der Waals surface area (Å²) in [4.78, 5) is 0.381. The first-order valence-corrected chi connectivity index (χ1v) is 8.92. The molecule has 21 heavy (non-hydrogen) atoms. The standard InChI is InChI=1S/C16H28N2O2S/c1-12(2)10-18(11-13(3)4)21(19,20)16-8-15(9-17)7-6-14(16)5/h6-8,12-13H,9-11,17H2,1-5H3. The lowest BCUT2D eigenvalue weighted by Gasteiger charge is -2.26. The lowest BCUT2D eigenvalue weighted by Crippen LogP contribution is -2.37. The van der Waals surface area contributed by atoms with E-state index in [-0.39, 0.29) is 11.8 Å². The fourth-order valence-corrected chi connectivity index (χ4v) is 4.32. The zero-order chi connectivity index (χ0) is 16.2. The Kier molecular flexibility index (Phi) is 6.38. The molecule has 0 aliphatic carbocycles. The zero-order valence-corrected chi connectivity index (χ0v) is 14.6. The molecule has 0 saturated carbocycles. The van der Waals surface area contributed by atoms with Gasteiger partial charge in [-0.05, 0) is 36.0 Å². The van der Waals surface area contributed by atoms with Gasteiger partial charge in [-0.2, -0.15) is 4.31 Å². The third-order valence-corrected chi connectivity index (χ3v) is 5.22. The van der Waals surface area contributed by atoms with Crippen molar-refractivity contribution in [3.8, 4) is 0 Å². The number of hydrogen-bond acceptors (Lipinski definition) is 3. The van der Waals surface area contributed by atoms with Crippen LogP contribution in [-0.2, 0) is 16.6 Å². The maximum Gasteiger partial charge on any atom is 0.243 e. The molecule has 4 nitrogen and oxygen atoms in total. The molecule has 0 unspecified atom stereocenters. The van der Waals surface area contributed by atoms with Crippen LogP contribution in [0, 0.1) is 18.8 Å². The first-order chi connectivity index (χ1) is 9.68. The fourth-order valence-electron chi connectivity index (χ4n) is 2.27. The summed E-state index contributed by atoms with van der Waals surface area (Å²) in [5.74, 6) is 0.577. The molecule has 1 aromatic rings. The number of benzene rings is 1. The predicted molar refractivity (Wildman–Crippen MR) is 87.5 cm³/mol. The van der Waals surface area contributed by atoms with Gasteiger partial charge < -0.3 is 5.73 Å². The number of rotatable bonds is 7. The Hall–Kier alpha value is -0.910. The van der Waals surface area contributed by atoms with Crippen LogP contribution in [-0.4, -0.2) is 25.8 Å². The molecule has 5 heteroatoms. The summed E-state index contributed by atoms with van der Waals surface area (Å²) in [6, 6.07) is 5.42. The van der Waals surface area contributed by atoms with Gasteiger partial charge >= 0.3 is 0 Å². The van der Waals surface area contributed by atoms with Crippen LogP contribution in [0.5, 0.6) is 0 Å². The summed E-state index contributed by atoms with van der Waals surface area (Å²) < 4.78 is 27.6. The third-order valence-electron chi connectivity index (χ3n) is 3.24. The summed E-state index contributed by atoms with van der Waals surface area (Å²) >= 11 is 0. The molecule has 0 fully saturated rings. The minimum absolute atomic E-state index is 0.288. The monoisotopic (exact) mass is 312 g/mol. The second-order valence-electron chi connectivity index (χ2n) is 6.41. The summed E-state index contributed by atoms with van der Waals surface area (Å²) in [6.07, 6.45) is 0. The van der Waals surface area contributed by atoms with Crippen LogP contribution in [0.25, 0.3) is 0 Å². The van der Waals surface area contributed by atoms with Crippen LogP contribution in [0.15, 0.2) is 23.1 Å². The SMILES string of the molecule is Cc1ccc(CN)cc1S(=O)(=O)N(CC(C)C)CC(C)C. The minimum atomic E-state index is -3.48. The molecule has 0 aliphatic heterocycles. The van der Waals surface area contributed by atoms with E-state index in [0.717, 1.165) is 11.1 Å². The van der Waals surface area contributed by atoms with Crippen molar-refractivity contribution >= 4 is 10.0 Å². The van der Waals surface area contributed by atoms with E-state index in [2.05, 4.69) is 0 Å². The van der Waals surface area contributed by atoms with Gasteiger partial charge in [0.25, 0.3) is 0 Å². The molecule has 1 rings (SSSR count). The molecule has 0 radical (unpaired) electrons. The van der Waals surface area contributed by atoms with Gasteiger partial charge in [-0.25, -0.2) is 8.42 Å². The summed E-state index contributed by atoms with van der Waals surface area (Å²) in [5, 5.41) is 0. The predicted octanol–water partition coefficient (Wildman–Crippen LogP) is 2.76. The lowest BCUT2D eigenvalue weighted by atomic mass is 10.1. The van der Waals surface area contributed by atoms with Crippen LogP contribution in [0.4, 0.5) is 0 Å². The van der Waals surface area contributed by atoms with Crippen molar-refractivity contribution in [3.05, 3.63) is 29.3 Å². The van der Waals surface area contributed by atoms with Gasteiger partial charge in [-0.15, -0.1) is 0 Å². The Morgan fingerprint density at radius 1 is 1.10 bits per heavy atom. The van der Waals surface area contributed by atoms with Gasteiger partial charge in [0, 0.05) is 19.6 Å². The van der Waals surface area contributed by atoms with Crippen molar-refractivity contribution in [1.29, 1.82) is 0 Å². The van der Waals surface area contributed by atoms with E-state index >= 15 is 0 Å². The fraction of sp³-hybridized carbons (Fsp3) is 0.625. The zero-order valence-electron chi connectivity index (χ0n) is 13.8. The van der Waals surface area contributed by atoms with E-state index in [4.69, 9.17) is 5.73 Å². The highest BCUT2D eigenvalue weighted by atomic mass is 32.2. The third kappa shape index (κ3) is 4.80. The molecule has 0 atom stereocenters. The van der Waals surface area contributed by atoms with Crippen molar-refractivity contribution in [2.45, 2.75) is 46.1 Å². The van der Waals surface area contributed by atoms with E-state index in [9.17, 15) is 8.42 Å². The Morgan fingerprint density at radius 2 is 1.62 bits per heavy atom. The van der Waals surface area contributed by atoms with Gasteiger partial charge in [0.15, 0.2) is 0 Å². The Morgan fingerprint density at radius 3 is 2.05 bits per heavy atom. The largest absolute Gasteiger partial charge is 0.326 e. The Bertz CT molecular complexity index is 556. The van der Waals surface area contributed by atoms with Crippen LogP contribution in [0.2, 0.25) is 0 Å². The molecule has 0 amide bonds. The van der Waals surface area contributed by atoms with Crippen LogP contribution >= 0.6 is 0 Å². The number of nitrogens with two attached hydrogens (primary N) is 1. The van der Waals surface area contributed by atoms with Crippen molar-refractivity contribution in [2.75, 3.05) is 13.1 Å². The minimum Gasteiger partial charge on any atom is -0.326 e. The molecule has 2 N–H and O–H groups in total. The number of aryl methyl sites for hydroxylation is 1. The number of hydrogen-bond donors (Lipinski definition) is 1. The Balaban J connectivity index is 3.27. The van der Waals surface area contributed by atoms with E-state index in [1.807, 2.05) is 46.8 Å². The highest BCUT2D eigenvalue weighted by Crippen LogP contribution is 2.23. The maximum absolute atomic E-state index is 13.0. The molecule has 0 aromatic heterocycles.